The van der Waals surface area contributed by atoms with Gasteiger partial charge < -0.3 is 9.47 Å². The van der Waals surface area contributed by atoms with Crippen molar-refractivity contribution in [2.24, 2.45) is 13.0 Å². The van der Waals surface area contributed by atoms with Gasteiger partial charge in [0.15, 0.2) is 11.2 Å². The quantitative estimate of drug-likeness (QED) is 0.700. The number of anilines is 2. The summed E-state index contributed by atoms with van der Waals surface area (Å²) in [6.07, 6.45) is 0.729. The van der Waals surface area contributed by atoms with Crippen molar-refractivity contribution in [2.75, 3.05) is 11.4 Å². The van der Waals surface area contributed by atoms with E-state index in [-0.39, 0.29) is 11.2 Å². The Labute approximate surface area is 163 Å². The molecule has 0 saturated carbocycles. The summed E-state index contributed by atoms with van der Waals surface area (Å²) < 4.78 is 4.82. The van der Waals surface area contributed by atoms with Crippen LogP contribution in [-0.4, -0.2) is 25.2 Å². The number of nitrogens with zero attached hydrogens (tertiary/aromatic N) is 5. The average Bonchev–Trinajstić information content (AvgIpc) is 3.04. The molecule has 0 amide bonds. The van der Waals surface area contributed by atoms with Crippen LogP contribution in [0.2, 0.25) is 0 Å². The summed E-state index contributed by atoms with van der Waals surface area (Å²) >= 11 is 0. The third-order valence-electron chi connectivity index (χ3n) is 5.69. The molecule has 0 N–H and O–H groups in total. The molecule has 0 aliphatic carbocycles. The van der Waals surface area contributed by atoms with Gasteiger partial charge in [0, 0.05) is 32.4 Å². The van der Waals surface area contributed by atoms with E-state index >= 15 is 0 Å². The molecule has 1 aliphatic heterocycles. The highest BCUT2D eigenvalue weighted by Gasteiger charge is 2.29. The standard InChI is InChI=1S/C21H27N5O2/c1-6-9-24-19(27)17-18(23(5)21(24)28)22-20-25(11-13(2)12-26(17)20)16-8-7-14(3)15(4)10-16/h7-8,10,13H,6,9,11-12H2,1-5H3. The second-order valence-corrected chi connectivity index (χ2v) is 7.98. The van der Waals surface area contributed by atoms with Gasteiger partial charge in [0.05, 0.1) is 0 Å². The Kier molecular flexibility index (Phi) is 4.40. The van der Waals surface area contributed by atoms with Gasteiger partial charge in [0.1, 0.15) is 0 Å². The van der Waals surface area contributed by atoms with Gasteiger partial charge in [-0.05, 0) is 49.4 Å². The third kappa shape index (κ3) is 2.68. The van der Waals surface area contributed by atoms with Gasteiger partial charge in [-0.25, -0.2) is 4.79 Å². The van der Waals surface area contributed by atoms with E-state index < -0.39 is 0 Å². The fourth-order valence-electron chi connectivity index (χ4n) is 4.04. The fourth-order valence-corrected chi connectivity index (χ4v) is 4.04. The van der Waals surface area contributed by atoms with Crippen LogP contribution in [0.25, 0.3) is 11.2 Å². The lowest BCUT2D eigenvalue weighted by Crippen LogP contribution is -2.40. The van der Waals surface area contributed by atoms with Crippen molar-refractivity contribution < 1.29 is 0 Å². The Morgan fingerprint density at radius 3 is 2.57 bits per heavy atom. The van der Waals surface area contributed by atoms with E-state index in [1.165, 1.54) is 20.3 Å². The minimum atomic E-state index is -0.305. The van der Waals surface area contributed by atoms with Gasteiger partial charge in [-0.3, -0.25) is 13.9 Å². The molecule has 0 bridgehead atoms. The number of hydrogen-bond donors (Lipinski definition) is 0. The zero-order valence-corrected chi connectivity index (χ0v) is 17.2. The third-order valence-corrected chi connectivity index (χ3v) is 5.69. The lowest BCUT2D eigenvalue weighted by molar-refractivity contribution is 0.457. The summed E-state index contributed by atoms with van der Waals surface area (Å²) in [5, 5.41) is 0. The first-order valence-corrected chi connectivity index (χ1v) is 9.88. The Balaban J connectivity index is 2.00. The van der Waals surface area contributed by atoms with Crippen molar-refractivity contribution in [1.82, 2.24) is 18.7 Å². The summed E-state index contributed by atoms with van der Waals surface area (Å²) in [5.41, 5.74) is 3.95. The van der Waals surface area contributed by atoms with E-state index in [4.69, 9.17) is 4.98 Å². The van der Waals surface area contributed by atoms with Crippen LogP contribution >= 0.6 is 0 Å². The first-order valence-electron chi connectivity index (χ1n) is 9.88. The summed E-state index contributed by atoms with van der Waals surface area (Å²) in [6, 6.07) is 6.37. The summed E-state index contributed by atoms with van der Waals surface area (Å²) in [4.78, 5) is 32.7. The number of aromatic nitrogens is 4. The average molecular weight is 381 g/mol. The smallest absolute Gasteiger partial charge is 0.312 e. The molecule has 1 aliphatic rings. The van der Waals surface area contributed by atoms with Gasteiger partial charge in [-0.15, -0.1) is 0 Å². The Morgan fingerprint density at radius 2 is 1.89 bits per heavy atom. The summed E-state index contributed by atoms with van der Waals surface area (Å²) in [7, 11) is 1.69. The summed E-state index contributed by atoms with van der Waals surface area (Å²) in [6.45, 7) is 10.3. The van der Waals surface area contributed by atoms with E-state index in [0.717, 1.165) is 24.6 Å². The van der Waals surface area contributed by atoms with E-state index in [0.29, 0.717) is 30.2 Å². The van der Waals surface area contributed by atoms with Crippen LogP contribution in [0.1, 0.15) is 31.4 Å². The minimum Gasteiger partial charge on any atom is -0.312 e. The predicted octanol–water partition coefficient (Wildman–Crippen LogP) is 2.71. The fraction of sp³-hybridized carbons (Fsp3) is 0.476. The number of rotatable bonds is 3. The lowest BCUT2D eigenvalue weighted by Gasteiger charge is -2.33. The first kappa shape index (κ1) is 18.5. The topological polar surface area (TPSA) is 65.1 Å². The largest absolute Gasteiger partial charge is 0.332 e. The number of aryl methyl sites for hydroxylation is 3. The zero-order chi connectivity index (χ0) is 20.2. The van der Waals surface area contributed by atoms with E-state index in [1.54, 1.807) is 7.05 Å². The van der Waals surface area contributed by atoms with Crippen LogP contribution in [0.5, 0.6) is 0 Å². The van der Waals surface area contributed by atoms with Gasteiger partial charge in [0.25, 0.3) is 5.56 Å². The zero-order valence-electron chi connectivity index (χ0n) is 17.2. The van der Waals surface area contributed by atoms with Crippen molar-refractivity contribution in [3.63, 3.8) is 0 Å². The Hall–Kier alpha value is -2.83. The van der Waals surface area contributed by atoms with E-state index in [2.05, 4.69) is 43.9 Å². The second-order valence-electron chi connectivity index (χ2n) is 7.98. The molecule has 28 heavy (non-hydrogen) atoms. The molecule has 0 radical (unpaired) electrons. The molecule has 3 aromatic rings. The van der Waals surface area contributed by atoms with Gasteiger partial charge in [0.2, 0.25) is 5.95 Å². The monoisotopic (exact) mass is 381 g/mol. The Morgan fingerprint density at radius 1 is 1.14 bits per heavy atom. The number of fused-ring (bicyclic) bond motifs is 3. The Bertz CT molecular complexity index is 1180. The van der Waals surface area contributed by atoms with Crippen LogP contribution in [0, 0.1) is 19.8 Å². The highest BCUT2D eigenvalue weighted by molar-refractivity contribution is 5.77. The molecule has 2 aromatic heterocycles. The van der Waals surface area contributed by atoms with Crippen LogP contribution in [0.15, 0.2) is 27.8 Å². The summed E-state index contributed by atoms with van der Waals surface area (Å²) in [5.74, 6) is 1.08. The van der Waals surface area contributed by atoms with Crippen molar-refractivity contribution >= 4 is 22.8 Å². The normalized spacial score (nSPS) is 16.6. The molecule has 0 spiro atoms. The molecule has 7 heteroatoms. The maximum Gasteiger partial charge on any atom is 0.332 e. The van der Waals surface area contributed by atoms with Crippen LogP contribution in [-0.2, 0) is 20.1 Å². The van der Waals surface area contributed by atoms with Crippen molar-refractivity contribution in [1.29, 1.82) is 0 Å². The molecular formula is C21H27N5O2. The molecular weight excluding hydrogens is 354 g/mol. The van der Waals surface area contributed by atoms with E-state index in [1.807, 2.05) is 11.5 Å². The molecule has 7 nitrogen and oxygen atoms in total. The maximum absolute atomic E-state index is 13.1. The number of imidazole rings is 1. The highest BCUT2D eigenvalue weighted by Crippen LogP contribution is 2.33. The van der Waals surface area contributed by atoms with Crippen molar-refractivity contribution in [2.45, 2.75) is 47.2 Å². The first-order chi connectivity index (χ1) is 13.3. The van der Waals surface area contributed by atoms with Gasteiger partial charge >= 0.3 is 5.69 Å². The van der Waals surface area contributed by atoms with Crippen molar-refractivity contribution in [3.05, 3.63) is 50.2 Å². The second kappa shape index (κ2) is 6.65. The van der Waals surface area contributed by atoms with Crippen LogP contribution < -0.4 is 16.1 Å². The predicted molar refractivity (Wildman–Crippen MR) is 112 cm³/mol. The molecule has 0 fully saturated rings. The SMILES string of the molecule is CCCn1c(=O)c2c(nc3n2CC(C)CN3c2ccc(C)c(C)c2)n(C)c1=O. The van der Waals surface area contributed by atoms with E-state index in [9.17, 15) is 9.59 Å². The molecule has 0 saturated heterocycles. The van der Waals surface area contributed by atoms with Crippen LogP contribution in [0.4, 0.5) is 11.6 Å². The molecule has 148 valence electrons. The lowest BCUT2D eigenvalue weighted by atomic mass is 10.1. The molecule has 4 rings (SSSR count). The number of benzene rings is 1. The molecule has 3 heterocycles. The van der Waals surface area contributed by atoms with Gasteiger partial charge in [-0.2, -0.15) is 4.98 Å². The maximum atomic E-state index is 13.1. The molecule has 1 atom stereocenters. The van der Waals surface area contributed by atoms with Crippen LogP contribution in [0.3, 0.4) is 0 Å². The number of hydrogen-bond acceptors (Lipinski definition) is 4. The molecule has 1 unspecified atom stereocenters. The highest BCUT2D eigenvalue weighted by atomic mass is 16.2. The van der Waals surface area contributed by atoms with Gasteiger partial charge in [-0.1, -0.05) is 19.9 Å². The van der Waals surface area contributed by atoms with Crippen molar-refractivity contribution in [3.8, 4) is 0 Å². The minimum absolute atomic E-state index is 0.243. The molecule has 1 aromatic carbocycles.